The van der Waals surface area contributed by atoms with Crippen LogP contribution in [-0.4, -0.2) is 79.9 Å². The molecule has 0 unspecified atom stereocenters. The van der Waals surface area contributed by atoms with Crippen molar-refractivity contribution in [3.8, 4) is 11.5 Å². The number of ether oxygens (including phenoxy) is 3. The largest absolute Gasteiger partial charge is 0.455 e. The van der Waals surface area contributed by atoms with E-state index in [2.05, 4.69) is 21.9 Å². The fourth-order valence-corrected chi connectivity index (χ4v) is 4.49. The van der Waals surface area contributed by atoms with Crippen LogP contribution in [-0.2, 0) is 17.8 Å². The van der Waals surface area contributed by atoms with Gasteiger partial charge in [-0.1, -0.05) is 6.07 Å². The molecular weight excluding hydrogens is 410 g/mol. The number of carbonyl (C=O) groups excluding carboxylic acids is 1. The second-order valence-corrected chi connectivity index (χ2v) is 8.62. The van der Waals surface area contributed by atoms with Gasteiger partial charge in [-0.25, -0.2) is 0 Å². The average Bonchev–Trinajstić information content (AvgIpc) is 3.59. The van der Waals surface area contributed by atoms with Gasteiger partial charge in [-0.2, -0.15) is 0 Å². The van der Waals surface area contributed by atoms with Crippen LogP contribution in [0.1, 0.15) is 34.7 Å². The van der Waals surface area contributed by atoms with Crippen molar-refractivity contribution in [3.05, 3.63) is 47.4 Å². The summed E-state index contributed by atoms with van der Waals surface area (Å²) in [5.74, 6) is 2.86. The van der Waals surface area contributed by atoms with Crippen molar-refractivity contribution in [3.63, 3.8) is 0 Å². The van der Waals surface area contributed by atoms with Crippen LogP contribution in [0.2, 0.25) is 0 Å². The first-order valence-corrected chi connectivity index (χ1v) is 11.5. The van der Waals surface area contributed by atoms with Gasteiger partial charge in [0.05, 0.1) is 19.8 Å². The minimum atomic E-state index is 0.00406. The van der Waals surface area contributed by atoms with Crippen LogP contribution >= 0.6 is 0 Å². The second kappa shape index (κ2) is 9.94. The van der Waals surface area contributed by atoms with Gasteiger partial charge in [-0.15, -0.1) is 0 Å². The fourth-order valence-electron chi connectivity index (χ4n) is 4.49. The Bertz CT molecular complexity index is 918. The fraction of sp³-hybridized carbons (Fsp3) is 0.542. The Kier molecular flexibility index (Phi) is 6.61. The molecule has 3 aliphatic heterocycles. The Morgan fingerprint density at radius 3 is 2.59 bits per heavy atom. The molecule has 5 rings (SSSR count). The third kappa shape index (κ3) is 5.09. The summed E-state index contributed by atoms with van der Waals surface area (Å²) < 4.78 is 22.4. The number of fused-ring (bicyclic) bond motifs is 1. The molecule has 0 saturated carbocycles. The molecule has 2 aromatic rings. The van der Waals surface area contributed by atoms with Crippen molar-refractivity contribution in [1.29, 1.82) is 0 Å². The molecular formula is C24H31N3O5. The van der Waals surface area contributed by atoms with Gasteiger partial charge in [0.25, 0.3) is 5.91 Å². The molecule has 0 bridgehead atoms. The van der Waals surface area contributed by atoms with Crippen molar-refractivity contribution in [1.82, 2.24) is 14.7 Å². The predicted molar refractivity (Wildman–Crippen MR) is 118 cm³/mol. The summed E-state index contributed by atoms with van der Waals surface area (Å²) >= 11 is 0. The predicted octanol–water partition coefficient (Wildman–Crippen LogP) is 2.58. The van der Waals surface area contributed by atoms with E-state index in [4.69, 9.17) is 18.6 Å². The van der Waals surface area contributed by atoms with E-state index in [1.54, 1.807) is 0 Å². The maximum Gasteiger partial charge on any atom is 0.289 e. The van der Waals surface area contributed by atoms with E-state index in [1.165, 1.54) is 0 Å². The number of likely N-dealkylation sites (tertiary alicyclic amines) is 1. The quantitative estimate of drug-likeness (QED) is 0.624. The van der Waals surface area contributed by atoms with Crippen LogP contribution in [0.3, 0.4) is 0 Å². The highest BCUT2D eigenvalue weighted by atomic mass is 16.7. The zero-order valence-electron chi connectivity index (χ0n) is 18.5. The van der Waals surface area contributed by atoms with Crippen LogP contribution in [0, 0.1) is 0 Å². The van der Waals surface area contributed by atoms with Gasteiger partial charge >= 0.3 is 0 Å². The van der Waals surface area contributed by atoms with Gasteiger partial charge in [-0.3, -0.25) is 14.6 Å². The molecule has 1 aromatic heterocycles. The van der Waals surface area contributed by atoms with E-state index in [0.29, 0.717) is 12.3 Å². The van der Waals surface area contributed by atoms with E-state index in [0.717, 1.165) is 94.7 Å². The van der Waals surface area contributed by atoms with E-state index in [-0.39, 0.29) is 12.7 Å². The monoisotopic (exact) mass is 441 g/mol. The topological polar surface area (TPSA) is 67.6 Å². The number of furan rings is 1. The number of hydrogen-bond acceptors (Lipinski definition) is 7. The third-order valence-corrected chi connectivity index (χ3v) is 6.32. The van der Waals surface area contributed by atoms with Gasteiger partial charge in [0.1, 0.15) is 5.76 Å². The van der Waals surface area contributed by atoms with E-state index >= 15 is 0 Å². The van der Waals surface area contributed by atoms with Gasteiger partial charge < -0.3 is 23.5 Å². The Balaban J connectivity index is 1.26. The molecule has 3 aliphatic rings. The molecule has 8 heteroatoms. The maximum atomic E-state index is 12.7. The van der Waals surface area contributed by atoms with Gasteiger partial charge in [0, 0.05) is 45.8 Å². The van der Waals surface area contributed by atoms with Crippen LogP contribution in [0.4, 0.5) is 0 Å². The lowest BCUT2D eigenvalue weighted by Gasteiger charge is -2.29. The summed E-state index contributed by atoms with van der Waals surface area (Å²) in [6.07, 6.45) is 2.15. The Morgan fingerprint density at radius 2 is 1.75 bits per heavy atom. The number of benzene rings is 1. The van der Waals surface area contributed by atoms with Gasteiger partial charge in [0.2, 0.25) is 6.79 Å². The number of carbonyl (C=O) groups is 1. The highest BCUT2D eigenvalue weighted by Gasteiger charge is 2.23. The Labute approximate surface area is 188 Å². The molecule has 0 atom stereocenters. The number of morpholine rings is 1. The van der Waals surface area contributed by atoms with Crippen molar-refractivity contribution in [2.45, 2.75) is 25.9 Å². The van der Waals surface area contributed by atoms with Crippen LogP contribution < -0.4 is 9.47 Å². The lowest BCUT2D eigenvalue weighted by atomic mass is 10.2. The summed E-state index contributed by atoms with van der Waals surface area (Å²) in [4.78, 5) is 19.3. The maximum absolute atomic E-state index is 12.7. The summed E-state index contributed by atoms with van der Waals surface area (Å²) in [5.41, 5.74) is 1.16. The van der Waals surface area contributed by atoms with Crippen molar-refractivity contribution >= 4 is 5.91 Å². The molecule has 0 aliphatic carbocycles. The minimum Gasteiger partial charge on any atom is -0.455 e. The van der Waals surface area contributed by atoms with E-state index < -0.39 is 0 Å². The summed E-state index contributed by atoms with van der Waals surface area (Å²) in [6.45, 7) is 8.71. The average molecular weight is 442 g/mol. The first kappa shape index (κ1) is 21.3. The smallest absolute Gasteiger partial charge is 0.289 e. The van der Waals surface area contributed by atoms with Crippen molar-refractivity contribution < 1.29 is 23.4 Å². The van der Waals surface area contributed by atoms with E-state index in [9.17, 15) is 4.79 Å². The zero-order chi connectivity index (χ0) is 21.8. The zero-order valence-corrected chi connectivity index (χ0v) is 18.5. The first-order chi connectivity index (χ1) is 15.7. The van der Waals surface area contributed by atoms with Gasteiger partial charge in [-0.05, 0) is 42.7 Å². The van der Waals surface area contributed by atoms with Crippen molar-refractivity contribution in [2.24, 2.45) is 0 Å². The highest BCUT2D eigenvalue weighted by Crippen LogP contribution is 2.33. The lowest BCUT2D eigenvalue weighted by Crippen LogP contribution is -2.41. The molecule has 1 aromatic carbocycles. The number of amides is 1. The molecule has 0 radical (unpaired) electrons. The number of nitrogens with zero attached hydrogens (tertiary/aromatic N) is 3. The third-order valence-electron chi connectivity index (χ3n) is 6.32. The molecule has 0 N–H and O–H groups in total. The number of rotatable bonds is 8. The van der Waals surface area contributed by atoms with E-state index in [1.807, 2.05) is 23.1 Å². The molecule has 2 saturated heterocycles. The molecule has 32 heavy (non-hydrogen) atoms. The number of hydrogen-bond donors (Lipinski definition) is 0. The van der Waals surface area contributed by atoms with Crippen LogP contribution in [0.15, 0.2) is 34.7 Å². The molecule has 2 fully saturated rings. The molecule has 4 heterocycles. The Hall–Kier alpha value is -2.55. The molecule has 0 spiro atoms. The van der Waals surface area contributed by atoms with Gasteiger partial charge in [0.15, 0.2) is 17.3 Å². The minimum absolute atomic E-state index is 0.00406. The van der Waals surface area contributed by atoms with Crippen molar-refractivity contribution in [2.75, 3.05) is 59.3 Å². The molecule has 172 valence electrons. The summed E-state index contributed by atoms with van der Waals surface area (Å²) in [6, 6.07) is 9.85. The standard InChI is InChI=1S/C24H31N3O5/c28-24(27-7-1-2-8-27)22-6-4-20(32-22)17-26(10-9-25-11-13-29-14-12-25)16-19-3-5-21-23(15-19)31-18-30-21/h3-6,15H,1-2,7-14,16-18H2. The Morgan fingerprint density at radius 1 is 0.938 bits per heavy atom. The van der Waals surface area contributed by atoms with Crippen LogP contribution in [0.25, 0.3) is 0 Å². The highest BCUT2D eigenvalue weighted by molar-refractivity contribution is 5.91. The molecule has 1 amide bonds. The molecule has 8 nitrogen and oxygen atoms in total. The second-order valence-electron chi connectivity index (χ2n) is 8.62. The van der Waals surface area contributed by atoms with Crippen LogP contribution in [0.5, 0.6) is 11.5 Å². The summed E-state index contributed by atoms with van der Waals surface area (Å²) in [7, 11) is 0. The normalized spacial score (nSPS) is 18.6. The lowest BCUT2D eigenvalue weighted by molar-refractivity contribution is 0.0321. The SMILES string of the molecule is O=C(c1ccc(CN(CCN2CCOCC2)Cc2ccc3c(c2)OCO3)o1)N1CCCC1. The summed E-state index contributed by atoms with van der Waals surface area (Å²) in [5, 5.41) is 0. The first-order valence-electron chi connectivity index (χ1n) is 11.5.